The number of urea groups is 1. The number of carbonyl (C=O) groups excluding carboxylic acids is 3. The SMILES string of the molecule is COC(=O)c1cccc(N2CCN([C@H]3CC[C@@](CNC(=O)OC(C)(C)C)(c4cccc(Cl)c4)CC3)C2=O)c1. The van der Waals surface area contributed by atoms with Gasteiger partial charge in [0.1, 0.15) is 5.60 Å². The van der Waals surface area contributed by atoms with Crippen LogP contribution in [-0.2, 0) is 14.9 Å². The Hall–Kier alpha value is -3.26. The third kappa shape index (κ3) is 6.23. The number of alkyl carbamates (subject to hydrolysis) is 1. The highest BCUT2D eigenvalue weighted by Crippen LogP contribution is 2.42. The number of hydrogen-bond acceptors (Lipinski definition) is 5. The van der Waals surface area contributed by atoms with Crippen LogP contribution in [0.2, 0.25) is 5.02 Å². The van der Waals surface area contributed by atoms with Crippen molar-refractivity contribution in [1.29, 1.82) is 0 Å². The molecule has 1 saturated carbocycles. The number of amides is 3. The van der Waals surface area contributed by atoms with Crippen molar-refractivity contribution in [3.05, 3.63) is 64.7 Å². The van der Waals surface area contributed by atoms with Gasteiger partial charge in [-0.2, -0.15) is 0 Å². The predicted octanol–water partition coefficient (Wildman–Crippen LogP) is 5.77. The molecule has 0 radical (unpaired) electrons. The minimum atomic E-state index is -0.580. The van der Waals surface area contributed by atoms with Crippen LogP contribution in [0.3, 0.4) is 0 Å². The van der Waals surface area contributed by atoms with E-state index >= 15 is 0 Å². The van der Waals surface area contributed by atoms with Gasteiger partial charge in [-0.05, 0) is 82.3 Å². The van der Waals surface area contributed by atoms with Gasteiger partial charge in [0, 0.05) is 41.8 Å². The third-order valence-corrected chi connectivity index (χ3v) is 7.62. The molecular formula is C29H36ClN3O5. The quantitative estimate of drug-likeness (QED) is 0.469. The van der Waals surface area contributed by atoms with E-state index in [-0.39, 0.29) is 17.5 Å². The summed E-state index contributed by atoms with van der Waals surface area (Å²) in [5.74, 6) is -0.431. The molecule has 2 aromatic carbocycles. The van der Waals surface area contributed by atoms with E-state index in [1.807, 2.05) is 49.9 Å². The summed E-state index contributed by atoms with van der Waals surface area (Å²) in [6, 6.07) is 14.8. The summed E-state index contributed by atoms with van der Waals surface area (Å²) in [6.45, 7) is 7.12. The molecule has 0 atom stereocenters. The van der Waals surface area contributed by atoms with E-state index < -0.39 is 17.7 Å². The zero-order chi connectivity index (χ0) is 27.5. The maximum Gasteiger partial charge on any atom is 0.407 e. The van der Waals surface area contributed by atoms with Crippen molar-refractivity contribution in [2.24, 2.45) is 0 Å². The molecule has 4 rings (SSSR count). The van der Waals surface area contributed by atoms with Crippen LogP contribution in [0.25, 0.3) is 0 Å². The van der Waals surface area contributed by atoms with Crippen LogP contribution in [-0.4, -0.2) is 61.4 Å². The molecule has 1 aliphatic heterocycles. The average Bonchev–Trinajstić information content (AvgIpc) is 3.27. The number of methoxy groups -OCH3 is 1. The first kappa shape index (κ1) is 27.8. The molecule has 2 aromatic rings. The van der Waals surface area contributed by atoms with Gasteiger partial charge < -0.3 is 19.7 Å². The molecule has 0 aromatic heterocycles. The Balaban J connectivity index is 1.46. The fraction of sp³-hybridized carbons (Fsp3) is 0.483. The van der Waals surface area contributed by atoms with E-state index in [9.17, 15) is 14.4 Å². The molecule has 2 aliphatic rings. The number of nitrogens with zero attached hydrogens (tertiary/aromatic N) is 2. The fourth-order valence-corrected chi connectivity index (χ4v) is 5.65. The van der Waals surface area contributed by atoms with E-state index in [0.717, 1.165) is 31.2 Å². The van der Waals surface area contributed by atoms with Gasteiger partial charge in [0.15, 0.2) is 0 Å². The van der Waals surface area contributed by atoms with Gasteiger partial charge in [0.2, 0.25) is 0 Å². The fourth-order valence-electron chi connectivity index (χ4n) is 5.46. The molecule has 1 saturated heterocycles. The normalized spacial score (nSPS) is 21.8. The summed E-state index contributed by atoms with van der Waals surface area (Å²) in [5, 5.41) is 3.63. The molecule has 0 spiro atoms. The van der Waals surface area contributed by atoms with Crippen LogP contribution in [0.1, 0.15) is 62.4 Å². The molecule has 2 fully saturated rings. The lowest BCUT2D eigenvalue weighted by Gasteiger charge is -2.43. The van der Waals surface area contributed by atoms with Gasteiger partial charge in [0.25, 0.3) is 0 Å². The van der Waals surface area contributed by atoms with Crippen LogP contribution in [0, 0.1) is 0 Å². The van der Waals surface area contributed by atoms with Crippen LogP contribution in [0.5, 0.6) is 0 Å². The summed E-state index contributed by atoms with van der Waals surface area (Å²) in [4.78, 5) is 41.5. The first-order valence-corrected chi connectivity index (χ1v) is 13.4. The van der Waals surface area contributed by atoms with Crippen LogP contribution in [0.15, 0.2) is 48.5 Å². The molecular weight excluding hydrogens is 506 g/mol. The summed E-state index contributed by atoms with van der Waals surface area (Å²) in [6.07, 6.45) is 2.72. The largest absolute Gasteiger partial charge is 0.465 e. The van der Waals surface area contributed by atoms with Crippen molar-refractivity contribution in [2.75, 3.05) is 31.6 Å². The van der Waals surface area contributed by atoms with Crippen molar-refractivity contribution >= 4 is 35.4 Å². The third-order valence-electron chi connectivity index (χ3n) is 7.38. The van der Waals surface area contributed by atoms with Gasteiger partial charge in [-0.15, -0.1) is 0 Å². The van der Waals surface area contributed by atoms with Gasteiger partial charge in [0.05, 0.1) is 12.7 Å². The molecule has 9 heteroatoms. The van der Waals surface area contributed by atoms with Crippen molar-refractivity contribution in [2.45, 2.75) is 63.5 Å². The molecule has 1 N–H and O–H groups in total. The number of hydrogen-bond donors (Lipinski definition) is 1. The highest BCUT2D eigenvalue weighted by atomic mass is 35.5. The van der Waals surface area contributed by atoms with Crippen molar-refractivity contribution in [1.82, 2.24) is 10.2 Å². The zero-order valence-electron chi connectivity index (χ0n) is 22.5. The standard InChI is InChI=1S/C29H36ClN3O5/c1-28(2,3)38-26(35)31-19-29(21-8-6-9-22(30)18-21)13-11-23(12-14-29)32-15-16-33(27(32)36)24-10-5-7-20(17-24)25(34)37-4/h5-10,17-18,23H,11-16,19H2,1-4H3,(H,31,35)/t23-,29+. The summed E-state index contributed by atoms with van der Waals surface area (Å²) >= 11 is 6.34. The number of anilines is 1. The van der Waals surface area contributed by atoms with Gasteiger partial charge in [-0.3, -0.25) is 4.90 Å². The summed E-state index contributed by atoms with van der Waals surface area (Å²) in [7, 11) is 1.34. The van der Waals surface area contributed by atoms with Gasteiger partial charge in [-0.1, -0.05) is 29.8 Å². The van der Waals surface area contributed by atoms with Crippen molar-refractivity contribution in [3.8, 4) is 0 Å². The lowest BCUT2D eigenvalue weighted by molar-refractivity contribution is 0.0501. The smallest absolute Gasteiger partial charge is 0.407 e. The molecule has 204 valence electrons. The highest BCUT2D eigenvalue weighted by Gasteiger charge is 2.42. The van der Waals surface area contributed by atoms with E-state index in [4.69, 9.17) is 21.1 Å². The maximum atomic E-state index is 13.4. The Kier molecular flexibility index (Phi) is 8.21. The number of nitrogens with one attached hydrogen (secondary N) is 1. The van der Waals surface area contributed by atoms with Crippen molar-refractivity contribution < 1.29 is 23.9 Å². The Morgan fingerprint density at radius 2 is 1.79 bits per heavy atom. The Labute approximate surface area is 229 Å². The lowest BCUT2D eigenvalue weighted by Crippen LogP contribution is -2.49. The van der Waals surface area contributed by atoms with Gasteiger partial charge >= 0.3 is 18.1 Å². The Morgan fingerprint density at radius 3 is 2.45 bits per heavy atom. The van der Waals surface area contributed by atoms with E-state index in [2.05, 4.69) is 11.4 Å². The molecule has 1 heterocycles. The molecule has 0 bridgehead atoms. The minimum absolute atomic E-state index is 0.0563. The molecule has 8 nitrogen and oxygen atoms in total. The van der Waals surface area contributed by atoms with E-state index in [1.54, 1.807) is 23.1 Å². The number of esters is 1. The molecule has 1 aliphatic carbocycles. The second-order valence-electron chi connectivity index (χ2n) is 11.0. The van der Waals surface area contributed by atoms with E-state index in [0.29, 0.717) is 35.9 Å². The molecule has 0 unspecified atom stereocenters. The predicted molar refractivity (Wildman–Crippen MR) is 147 cm³/mol. The second-order valence-corrected chi connectivity index (χ2v) is 11.5. The monoisotopic (exact) mass is 541 g/mol. The Morgan fingerprint density at radius 1 is 1.08 bits per heavy atom. The van der Waals surface area contributed by atoms with Crippen molar-refractivity contribution in [3.63, 3.8) is 0 Å². The first-order valence-electron chi connectivity index (χ1n) is 13.0. The van der Waals surface area contributed by atoms with Gasteiger partial charge in [-0.25, -0.2) is 14.4 Å². The number of carbonyl (C=O) groups is 3. The highest BCUT2D eigenvalue weighted by molar-refractivity contribution is 6.30. The topological polar surface area (TPSA) is 88.2 Å². The number of rotatable bonds is 6. The van der Waals surface area contributed by atoms with Crippen LogP contribution < -0.4 is 10.2 Å². The van der Waals surface area contributed by atoms with Crippen LogP contribution >= 0.6 is 11.6 Å². The minimum Gasteiger partial charge on any atom is -0.465 e. The maximum absolute atomic E-state index is 13.4. The van der Waals surface area contributed by atoms with E-state index in [1.165, 1.54) is 7.11 Å². The number of benzene rings is 2. The zero-order valence-corrected chi connectivity index (χ0v) is 23.2. The summed E-state index contributed by atoms with van der Waals surface area (Å²) in [5.41, 5.74) is 1.29. The second kappa shape index (κ2) is 11.2. The first-order chi connectivity index (χ1) is 18.0. The Bertz CT molecular complexity index is 1190. The number of halogens is 1. The van der Waals surface area contributed by atoms with Crippen LogP contribution in [0.4, 0.5) is 15.3 Å². The average molecular weight is 542 g/mol. The molecule has 3 amide bonds. The molecule has 38 heavy (non-hydrogen) atoms. The summed E-state index contributed by atoms with van der Waals surface area (Å²) < 4.78 is 10.3. The lowest BCUT2D eigenvalue weighted by atomic mass is 9.68. The number of ether oxygens (including phenoxy) is 2.